The van der Waals surface area contributed by atoms with Gasteiger partial charge in [-0.25, -0.2) is 9.59 Å². The maximum Gasteiger partial charge on any atom is 0.329 e. The van der Waals surface area contributed by atoms with Crippen molar-refractivity contribution < 1.29 is 53.3 Å². The van der Waals surface area contributed by atoms with Gasteiger partial charge in [-0.1, -0.05) is 44.2 Å². The second kappa shape index (κ2) is 19.5. The largest absolute Gasteiger partial charge is 0.511 e. The summed E-state index contributed by atoms with van der Waals surface area (Å²) in [6, 6.07) is 1.36. The lowest BCUT2D eigenvalue weighted by Crippen LogP contribution is -2.58. The van der Waals surface area contributed by atoms with Gasteiger partial charge in [0, 0.05) is 38.6 Å². The van der Waals surface area contributed by atoms with E-state index in [0.29, 0.717) is 17.7 Å². The number of carboxylic acid groups (broad SMARTS) is 1. The zero-order chi connectivity index (χ0) is 42.8. The molecule has 0 aromatic heterocycles. The Kier molecular flexibility index (Phi) is 15.7. The number of nitrogens with one attached hydrogen (secondary N) is 4. The Morgan fingerprint density at radius 3 is 2.12 bits per heavy atom. The van der Waals surface area contributed by atoms with Crippen LogP contribution in [-0.2, 0) is 49.5 Å². The van der Waals surface area contributed by atoms with Crippen LogP contribution in [0.1, 0.15) is 92.6 Å². The molecular formula is C40H56N6O11. The molecule has 0 saturated carbocycles. The molecule has 17 heteroatoms. The predicted molar refractivity (Wildman–Crippen MR) is 208 cm³/mol. The number of ether oxygens (including phenoxy) is 1. The van der Waals surface area contributed by atoms with E-state index in [4.69, 9.17) is 4.74 Å². The average molecular weight is 797 g/mol. The standard InChI is InChI=1S/C40H56N6O11/c1-22(33-29(47)20-40(6,7)21-30(33)48)41-16-12-15-25-36(53)46(8)28(17-24-13-10-9-11-14-24)35(52)45-26(37(54)55)18-32(50)43-27(38(56)57-39(3,4)5)19-31(49)42-23(2)34(51)44-25/h9-11,13-14,23,25-28,47H,12,15-21H2,1-8H3,(H,42,49)(H,43,50)(H,44,51)(H,45,52)(H,54,55)/t23-,25+,26+,27+,28+/m1/s1. The van der Waals surface area contributed by atoms with Crippen LogP contribution < -0.4 is 21.3 Å². The molecule has 1 aliphatic carbocycles. The van der Waals surface area contributed by atoms with Gasteiger partial charge in [0.15, 0.2) is 5.78 Å². The smallest absolute Gasteiger partial charge is 0.329 e. The van der Waals surface area contributed by atoms with Crippen molar-refractivity contribution in [1.29, 1.82) is 0 Å². The molecule has 1 aromatic rings. The monoisotopic (exact) mass is 796 g/mol. The van der Waals surface area contributed by atoms with Crippen molar-refractivity contribution in [3.05, 3.63) is 47.2 Å². The van der Waals surface area contributed by atoms with Gasteiger partial charge < -0.3 is 41.1 Å². The Morgan fingerprint density at radius 1 is 0.912 bits per heavy atom. The SMILES string of the molecule is CC(=NCCC[C@@H]1NC(=O)[C@@H](C)NC(=O)C[C@@H](C(=O)OC(C)(C)C)NC(=O)C[C@@H](C(=O)O)NC(=O)[C@H](Cc2ccccc2)N(C)C1=O)C1=C(O)CC(C)(C)CC1=O. The molecule has 57 heavy (non-hydrogen) atoms. The number of likely N-dealkylation sites (N-methyl/N-ethyl adjacent to an activating group) is 1. The maximum atomic E-state index is 14.3. The summed E-state index contributed by atoms with van der Waals surface area (Å²) in [5, 5.41) is 30.4. The van der Waals surface area contributed by atoms with Gasteiger partial charge in [0.05, 0.1) is 18.4 Å². The second-order valence-corrected chi connectivity index (χ2v) is 16.3. The van der Waals surface area contributed by atoms with Gasteiger partial charge in [0.1, 0.15) is 41.6 Å². The van der Waals surface area contributed by atoms with Crippen LogP contribution in [0.15, 0.2) is 46.7 Å². The number of amides is 5. The van der Waals surface area contributed by atoms with Crippen LogP contribution in [0, 0.1) is 5.41 Å². The number of hydrogen-bond acceptors (Lipinski definition) is 11. The third kappa shape index (κ3) is 13.8. The topological polar surface area (TPSA) is 250 Å². The molecule has 1 saturated heterocycles. The normalized spacial score (nSPS) is 24.8. The van der Waals surface area contributed by atoms with E-state index >= 15 is 0 Å². The van der Waals surface area contributed by atoms with Gasteiger partial charge in [0.2, 0.25) is 29.5 Å². The Bertz CT molecular complexity index is 1780. The molecule has 312 valence electrons. The zero-order valence-electron chi connectivity index (χ0n) is 33.9. The molecule has 0 unspecified atom stereocenters. The molecule has 1 aromatic carbocycles. The fourth-order valence-corrected chi connectivity index (χ4v) is 6.54. The number of esters is 1. The highest BCUT2D eigenvalue weighted by Crippen LogP contribution is 2.36. The minimum absolute atomic E-state index is 0.0189. The summed E-state index contributed by atoms with van der Waals surface area (Å²) in [6.45, 7) is 11.5. The van der Waals surface area contributed by atoms with Crippen molar-refractivity contribution in [1.82, 2.24) is 26.2 Å². The van der Waals surface area contributed by atoms with Gasteiger partial charge in [-0.05, 0) is 58.4 Å². The number of aliphatic carboxylic acids is 1. The Balaban J connectivity index is 2.00. The highest BCUT2D eigenvalue weighted by Gasteiger charge is 2.38. The quantitative estimate of drug-likeness (QED) is 0.119. The van der Waals surface area contributed by atoms with E-state index in [1.54, 1.807) is 58.0 Å². The van der Waals surface area contributed by atoms with Gasteiger partial charge in [-0.3, -0.25) is 33.8 Å². The molecule has 3 rings (SSSR count). The lowest BCUT2D eigenvalue weighted by molar-refractivity contribution is -0.159. The van der Waals surface area contributed by atoms with Crippen LogP contribution in [-0.4, -0.2) is 117 Å². The second-order valence-electron chi connectivity index (χ2n) is 16.3. The molecular weight excluding hydrogens is 740 g/mol. The van der Waals surface area contributed by atoms with Crippen molar-refractivity contribution in [2.75, 3.05) is 13.6 Å². The Labute approximate surface area is 332 Å². The van der Waals surface area contributed by atoms with E-state index in [9.17, 15) is 48.6 Å². The molecule has 1 fully saturated rings. The van der Waals surface area contributed by atoms with Crippen LogP contribution in [0.25, 0.3) is 0 Å². The first-order chi connectivity index (χ1) is 26.5. The number of ketones is 1. The zero-order valence-corrected chi connectivity index (χ0v) is 33.9. The molecule has 2 aliphatic rings. The first-order valence-corrected chi connectivity index (χ1v) is 18.9. The number of aliphatic hydroxyl groups is 1. The average Bonchev–Trinajstić information content (AvgIpc) is 3.08. The number of benzene rings is 1. The van der Waals surface area contributed by atoms with Crippen molar-refractivity contribution >= 4 is 53.0 Å². The number of Topliss-reactive ketones (excluding diaryl/α,β-unsaturated/α-hetero) is 1. The Morgan fingerprint density at radius 2 is 1.53 bits per heavy atom. The first kappa shape index (κ1) is 45.8. The molecule has 5 atom stereocenters. The fraction of sp³-hybridized carbons (Fsp3) is 0.575. The maximum absolute atomic E-state index is 14.3. The molecule has 5 amide bonds. The minimum Gasteiger partial charge on any atom is -0.511 e. The molecule has 0 bridgehead atoms. The molecule has 17 nitrogen and oxygen atoms in total. The number of carboxylic acids is 1. The number of carbonyl (C=O) groups excluding carboxylic acids is 7. The van der Waals surface area contributed by atoms with E-state index < -0.39 is 95.5 Å². The molecule has 0 radical (unpaired) electrons. The van der Waals surface area contributed by atoms with Crippen molar-refractivity contribution in [2.45, 2.75) is 129 Å². The number of nitrogens with zero attached hydrogens (tertiary/aromatic N) is 2. The lowest BCUT2D eigenvalue weighted by Gasteiger charge is -2.32. The fourth-order valence-electron chi connectivity index (χ4n) is 6.54. The van der Waals surface area contributed by atoms with Crippen molar-refractivity contribution in [3.8, 4) is 0 Å². The molecule has 1 aliphatic heterocycles. The number of hydrogen-bond donors (Lipinski definition) is 6. The summed E-state index contributed by atoms with van der Waals surface area (Å²) in [4.78, 5) is 112. The van der Waals surface area contributed by atoms with Crippen LogP contribution in [0.3, 0.4) is 0 Å². The summed E-state index contributed by atoms with van der Waals surface area (Å²) in [7, 11) is 1.33. The third-order valence-electron chi connectivity index (χ3n) is 9.41. The number of carbonyl (C=O) groups is 8. The van der Waals surface area contributed by atoms with Crippen LogP contribution >= 0.6 is 0 Å². The van der Waals surface area contributed by atoms with Crippen LogP contribution in [0.5, 0.6) is 0 Å². The summed E-state index contributed by atoms with van der Waals surface area (Å²) in [5.74, 6) is -7.09. The third-order valence-corrected chi connectivity index (χ3v) is 9.41. The number of aliphatic hydroxyl groups excluding tert-OH is 1. The van der Waals surface area contributed by atoms with Crippen molar-refractivity contribution in [2.24, 2.45) is 10.4 Å². The van der Waals surface area contributed by atoms with Crippen molar-refractivity contribution in [3.63, 3.8) is 0 Å². The Hall–Kier alpha value is -5.61. The van der Waals surface area contributed by atoms with E-state index in [1.165, 1.54) is 14.0 Å². The van der Waals surface area contributed by atoms with Crippen LogP contribution in [0.2, 0.25) is 0 Å². The first-order valence-electron chi connectivity index (χ1n) is 18.9. The van der Waals surface area contributed by atoms with E-state index in [1.807, 2.05) is 13.8 Å². The molecule has 0 spiro atoms. The minimum atomic E-state index is -1.81. The molecule has 6 N–H and O–H groups in total. The predicted octanol–water partition coefficient (Wildman–Crippen LogP) is 1.68. The highest BCUT2D eigenvalue weighted by molar-refractivity contribution is 6.22. The van der Waals surface area contributed by atoms with E-state index in [2.05, 4.69) is 26.3 Å². The van der Waals surface area contributed by atoms with Gasteiger partial charge in [0.25, 0.3) is 0 Å². The highest BCUT2D eigenvalue weighted by atomic mass is 16.6. The summed E-state index contributed by atoms with van der Waals surface area (Å²) in [6.07, 6.45) is -0.876. The van der Waals surface area contributed by atoms with E-state index in [0.717, 1.165) is 4.90 Å². The van der Waals surface area contributed by atoms with Crippen LogP contribution in [0.4, 0.5) is 0 Å². The van der Waals surface area contributed by atoms with Gasteiger partial charge in [-0.2, -0.15) is 0 Å². The number of rotatable bonds is 9. The number of allylic oxidation sites excluding steroid dienone is 2. The summed E-state index contributed by atoms with van der Waals surface area (Å²) >= 11 is 0. The summed E-state index contributed by atoms with van der Waals surface area (Å²) < 4.78 is 5.38. The number of aliphatic imine (C=N–C) groups is 1. The lowest BCUT2D eigenvalue weighted by atomic mass is 9.76. The molecule has 1 heterocycles. The van der Waals surface area contributed by atoms with E-state index in [-0.39, 0.29) is 49.3 Å². The van der Waals surface area contributed by atoms with Gasteiger partial charge in [-0.15, -0.1) is 0 Å². The van der Waals surface area contributed by atoms with Gasteiger partial charge >= 0.3 is 11.9 Å². The summed E-state index contributed by atoms with van der Waals surface area (Å²) in [5.41, 5.74) is -0.313.